The third-order valence-electron chi connectivity index (χ3n) is 3.43. The number of aromatic nitrogens is 3. The van der Waals surface area contributed by atoms with Gasteiger partial charge in [0.1, 0.15) is 0 Å². The molecule has 0 spiro atoms. The summed E-state index contributed by atoms with van der Waals surface area (Å²) in [5.74, 6) is -0.254. The van der Waals surface area contributed by atoms with Crippen LogP contribution in [0.3, 0.4) is 0 Å². The van der Waals surface area contributed by atoms with E-state index in [2.05, 4.69) is 25.8 Å². The number of thioether (sulfide) groups is 1. The first-order chi connectivity index (χ1) is 13.1. The Morgan fingerprint density at radius 2 is 1.93 bits per heavy atom. The molecule has 7 nitrogen and oxygen atoms in total. The highest BCUT2D eigenvalue weighted by atomic mass is 32.2. The Kier molecular flexibility index (Phi) is 6.50. The molecule has 0 saturated carbocycles. The summed E-state index contributed by atoms with van der Waals surface area (Å²) in [7, 11) is 0. The van der Waals surface area contributed by atoms with E-state index in [1.807, 2.05) is 49.4 Å². The number of pyridine rings is 1. The number of rotatable bonds is 7. The highest BCUT2D eigenvalue weighted by Crippen LogP contribution is 2.23. The summed E-state index contributed by atoms with van der Waals surface area (Å²) < 4.78 is 0.567. The molecule has 0 atom stereocenters. The topological polar surface area (TPSA) is 96.9 Å². The molecular weight excluding hydrogens is 382 g/mol. The fraction of sp³-hybridized carbons (Fsp3) is 0.167. The summed E-state index contributed by atoms with van der Waals surface area (Å²) in [4.78, 5) is 28.3. The third-order valence-corrected chi connectivity index (χ3v) is 5.49. The first-order valence-electron chi connectivity index (χ1n) is 8.11. The molecule has 2 amide bonds. The molecule has 0 unspecified atom stereocenters. The fourth-order valence-electron chi connectivity index (χ4n) is 2.05. The number of benzene rings is 1. The van der Waals surface area contributed by atoms with Gasteiger partial charge in [0.2, 0.25) is 10.9 Å². The number of carbonyl (C=O) groups is 2. The molecule has 3 aromatic rings. The lowest BCUT2D eigenvalue weighted by Gasteiger charge is -2.03. The lowest BCUT2D eigenvalue weighted by Crippen LogP contribution is -2.24. The van der Waals surface area contributed by atoms with Gasteiger partial charge in [-0.1, -0.05) is 46.9 Å². The largest absolute Gasteiger partial charge is 0.350 e. The smallest absolute Gasteiger partial charge is 0.286 e. The second-order valence-corrected chi connectivity index (χ2v) is 7.78. The van der Waals surface area contributed by atoms with Crippen molar-refractivity contribution in [2.24, 2.45) is 0 Å². The molecule has 2 heterocycles. The fourth-order valence-corrected chi connectivity index (χ4v) is 3.63. The van der Waals surface area contributed by atoms with Gasteiger partial charge in [-0.05, 0) is 31.2 Å². The van der Waals surface area contributed by atoms with Crippen LogP contribution in [0.15, 0.2) is 53.0 Å². The van der Waals surface area contributed by atoms with E-state index >= 15 is 0 Å². The minimum Gasteiger partial charge on any atom is -0.350 e. The lowest BCUT2D eigenvalue weighted by molar-refractivity contribution is -0.118. The Labute approximate surface area is 164 Å². The van der Waals surface area contributed by atoms with Crippen LogP contribution >= 0.6 is 23.1 Å². The molecule has 0 aliphatic heterocycles. The second-order valence-electron chi connectivity index (χ2n) is 5.58. The average molecular weight is 400 g/mol. The number of aryl methyl sites for hydroxylation is 1. The second kappa shape index (κ2) is 9.24. The molecule has 1 aromatic carbocycles. The van der Waals surface area contributed by atoms with Crippen LogP contribution in [0.25, 0.3) is 0 Å². The van der Waals surface area contributed by atoms with E-state index in [1.54, 1.807) is 6.20 Å². The monoisotopic (exact) mass is 399 g/mol. The lowest BCUT2D eigenvalue weighted by atomic mass is 10.2. The van der Waals surface area contributed by atoms with Crippen molar-refractivity contribution in [3.8, 4) is 0 Å². The molecule has 2 N–H and O–H groups in total. The predicted molar refractivity (Wildman–Crippen MR) is 106 cm³/mol. The van der Waals surface area contributed by atoms with Crippen LogP contribution in [0.2, 0.25) is 0 Å². The molecule has 9 heteroatoms. The van der Waals surface area contributed by atoms with E-state index in [-0.39, 0.29) is 22.6 Å². The van der Waals surface area contributed by atoms with Crippen molar-refractivity contribution >= 4 is 40.6 Å². The Balaban J connectivity index is 1.46. The highest BCUT2D eigenvalue weighted by Gasteiger charge is 2.14. The summed E-state index contributed by atoms with van der Waals surface area (Å²) in [5, 5.41) is 13.7. The van der Waals surface area contributed by atoms with Gasteiger partial charge in [0, 0.05) is 11.9 Å². The Morgan fingerprint density at radius 1 is 1.11 bits per heavy atom. The minimum absolute atomic E-state index is 0.133. The molecule has 2 aromatic heterocycles. The van der Waals surface area contributed by atoms with Crippen molar-refractivity contribution in [2.75, 3.05) is 11.1 Å². The summed E-state index contributed by atoms with van der Waals surface area (Å²) in [6.45, 7) is 2.35. The quantitative estimate of drug-likeness (QED) is 0.593. The summed E-state index contributed by atoms with van der Waals surface area (Å²) in [6, 6.07) is 13.0. The van der Waals surface area contributed by atoms with Crippen molar-refractivity contribution < 1.29 is 9.59 Å². The van der Waals surface area contributed by atoms with E-state index in [4.69, 9.17) is 0 Å². The molecule has 0 saturated heterocycles. The number of nitrogens with zero attached hydrogens (tertiary/aromatic N) is 3. The van der Waals surface area contributed by atoms with Crippen LogP contribution in [0.5, 0.6) is 0 Å². The maximum absolute atomic E-state index is 12.2. The van der Waals surface area contributed by atoms with Crippen molar-refractivity contribution in [3.05, 3.63) is 64.9 Å². The van der Waals surface area contributed by atoms with E-state index in [1.165, 1.54) is 11.8 Å². The zero-order chi connectivity index (χ0) is 19.1. The maximum atomic E-state index is 12.2. The highest BCUT2D eigenvalue weighted by molar-refractivity contribution is 8.01. The summed E-state index contributed by atoms with van der Waals surface area (Å²) >= 11 is 2.40. The molecule has 0 bridgehead atoms. The number of amides is 2. The van der Waals surface area contributed by atoms with E-state index in [0.717, 1.165) is 22.6 Å². The van der Waals surface area contributed by atoms with Crippen LogP contribution in [0, 0.1) is 6.92 Å². The van der Waals surface area contributed by atoms with Gasteiger partial charge in [-0.25, -0.2) is 0 Å². The number of carbonyl (C=O) groups excluding carboxylic acids is 2. The van der Waals surface area contributed by atoms with Crippen LogP contribution in [0.1, 0.15) is 21.1 Å². The first-order valence-corrected chi connectivity index (χ1v) is 9.91. The Hall–Kier alpha value is -2.78. The standard InChI is InChI=1S/C18H17N5O2S2/c1-12-5-7-13(8-6-12)21-16(25)17-22-23-18(27-17)26-11-15(24)20-10-14-4-2-3-9-19-14/h2-9H,10-11H2,1H3,(H,20,24)(H,21,25). The van der Waals surface area contributed by atoms with Gasteiger partial charge in [-0.2, -0.15) is 0 Å². The average Bonchev–Trinajstić information content (AvgIpc) is 3.16. The molecule has 27 heavy (non-hydrogen) atoms. The third kappa shape index (κ3) is 5.87. The van der Waals surface area contributed by atoms with Crippen LogP contribution in [0.4, 0.5) is 5.69 Å². The number of hydrogen-bond acceptors (Lipinski definition) is 7. The van der Waals surface area contributed by atoms with Gasteiger partial charge in [0.25, 0.3) is 5.91 Å². The summed E-state index contributed by atoms with van der Waals surface area (Å²) in [5.41, 5.74) is 2.61. The SMILES string of the molecule is Cc1ccc(NC(=O)c2nnc(SCC(=O)NCc3ccccn3)s2)cc1. The zero-order valence-corrected chi connectivity index (χ0v) is 16.1. The van der Waals surface area contributed by atoms with Crippen molar-refractivity contribution in [2.45, 2.75) is 17.8 Å². The van der Waals surface area contributed by atoms with Gasteiger partial charge in [-0.3, -0.25) is 14.6 Å². The van der Waals surface area contributed by atoms with E-state index in [0.29, 0.717) is 16.6 Å². The van der Waals surface area contributed by atoms with Crippen molar-refractivity contribution in [1.29, 1.82) is 0 Å². The number of anilines is 1. The van der Waals surface area contributed by atoms with Gasteiger partial charge in [-0.15, -0.1) is 10.2 Å². The zero-order valence-electron chi connectivity index (χ0n) is 14.5. The summed E-state index contributed by atoms with van der Waals surface area (Å²) in [6.07, 6.45) is 1.68. The molecule has 3 rings (SSSR count). The van der Waals surface area contributed by atoms with Gasteiger partial charge < -0.3 is 10.6 Å². The normalized spacial score (nSPS) is 10.4. The predicted octanol–water partition coefficient (Wildman–Crippen LogP) is 2.90. The van der Waals surface area contributed by atoms with Crippen molar-refractivity contribution in [3.63, 3.8) is 0 Å². The first kappa shape index (κ1) is 19.0. The maximum Gasteiger partial charge on any atom is 0.286 e. The molecule has 0 fully saturated rings. The Morgan fingerprint density at radius 3 is 2.67 bits per heavy atom. The van der Waals surface area contributed by atoms with Gasteiger partial charge in [0.05, 0.1) is 18.0 Å². The number of hydrogen-bond donors (Lipinski definition) is 2. The molecular formula is C18H17N5O2S2. The molecule has 0 aliphatic rings. The molecule has 0 aliphatic carbocycles. The minimum atomic E-state index is -0.317. The van der Waals surface area contributed by atoms with Crippen LogP contribution in [-0.2, 0) is 11.3 Å². The Bertz CT molecular complexity index is 913. The van der Waals surface area contributed by atoms with Gasteiger partial charge in [0.15, 0.2) is 4.34 Å². The van der Waals surface area contributed by atoms with Crippen molar-refractivity contribution in [1.82, 2.24) is 20.5 Å². The molecule has 0 radical (unpaired) electrons. The van der Waals surface area contributed by atoms with Crippen LogP contribution < -0.4 is 10.6 Å². The van der Waals surface area contributed by atoms with Crippen LogP contribution in [-0.4, -0.2) is 32.7 Å². The van der Waals surface area contributed by atoms with Gasteiger partial charge >= 0.3 is 0 Å². The number of nitrogens with one attached hydrogen (secondary N) is 2. The van der Waals surface area contributed by atoms with E-state index in [9.17, 15) is 9.59 Å². The van der Waals surface area contributed by atoms with E-state index < -0.39 is 0 Å². The molecule has 138 valence electrons.